The number of amides is 1. The second kappa shape index (κ2) is 9.80. The van der Waals surface area contributed by atoms with Crippen LogP contribution < -0.4 is 0 Å². The molecule has 0 N–H and O–H groups in total. The van der Waals surface area contributed by atoms with Crippen molar-refractivity contribution in [3.8, 4) is 0 Å². The smallest absolute Gasteiger partial charge is 0.236 e. The predicted octanol–water partition coefficient (Wildman–Crippen LogP) is 3.77. The van der Waals surface area contributed by atoms with Gasteiger partial charge in [0.2, 0.25) is 5.91 Å². The molecule has 1 amide bonds. The first-order chi connectivity index (χ1) is 12.5. The molecule has 1 saturated carbocycles. The number of halogens is 2. The molecular formula is C22H35Cl2N3O. The van der Waals surface area contributed by atoms with Gasteiger partial charge in [0.1, 0.15) is 0 Å². The van der Waals surface area contributed by atoms with Crippen LogP contribution in [0.2, 0.25) is 0 Å². The van der Waals surface area contributed by atoms with Crippen molar-refractivity contribution >= 4 is 30.7 Å². The molecular weight excluding hydrogens is 393 g/mol. The van der Waals surface area contributed by atoms with Gasteiger partial charge in [-0.2, -0.15) is 0 Å². The maximum Gasteiger partial charge on any atom is 0.236 e. The third-order valence-electron chi connectivity index (χ3n) is 7.09. The average molecular weight is 428 g/mol. The standard InChI is InChI=1S/C22H33N3O.2ClH/c1-16-8-4-7-11-19(16)22-20-14-25(13-17(20)12-24(22)3)21(26)15-23(2)18-9-5-6-10-18;;/h4,7-8,11,17-18,20,22H,5-6,9-10,12-15H2,1-3H3;2*1H/t17-,20+,22+;;/m0../s1. The Balaban J connectivity index is 0.00000140. The Morgan fingerprint density at radius 1 is 1.11 bits per heavy atom. The van der Waals surface area contributed by atoms with Gasteiger partial charge >= 0.3 is 0 Å². The Morgan fingerprint density at radius 2 is 1.79 bits per heavy atom. The first-order valence-corrected chi connectivity index (χ1v) is 10.3. The number of nitrogens with zero attached hydrogens (tertiary/aromatic N) is 3. The van der Waals surface area contributed by atoms with E-state index in [-0.39, 0.29) is 24.8 Å². The van der Waals surface area contributed by atoms with Crippen LogP contribution in [0.1, 0.15) is 42.9 Å². The minimum Gasteiger partial charge on any atom is -0.341 e. The summed E-state index contributed by atoms with van der Waals surface area (Å²) in [6.45, 7) is 5.77. The van der Waals surface area contributed by atoms with E-state index in [2.05, 4.69) is 60.0 Å². The first-order valence-electron chi connectivity index (χ1n) is 10.3. The Hall–Kier alpha value is -0.810. The highest BCUT2D eigenvalue weighted by Crippen LogP contribution is 2.44. The lowest BCUT2D eigenvalue weighted by molar-refractivity contribution is -0.132. The van der Waals surface area contributed by atoms with Crippen LogP contribution in [0.15, 0.2) is 24.3 Å². The number of benzene rings is 1. The van der Waals surface area contributed by atoms with Crippen molar-refractivity contribution in [2.45, 2.75) is 44.7 Å². The van der Waals surface area contributed by atoms with Crippen molar-refractivity contribution in [1.82, 2.24) is 14.7 Å². The van der Waals surface area contributed by atoms with Gasteiger partial charge in [0.15, 0.2) is 0 Å². The molecule has 1 aromatic rings. The van der Waals surface area contributed by atoms with Gasteiger partial charge in [-0.25, -0.2) is 0 Å². The molecule has 3 fully saturated rings. The van der Waals surface area contributed by atoms with E-state index in [0.29, 0.717) is 36.4 Å². The highest BCUT2D eigenvalue weighted by molar-refractivity contribution is 5.85. The monoisotopic (exact) mass is 427 g/mol. The number of hydrogen-bond acceptors (Lipinski definition) is 3. The third kappa shape index (κ3) is 4.51. The van der Waals surface area contributed by atoms with Gasteiger partial charge in [0, 0.05) is 37.6 Å². The molecule has 2 aliphatic heterocycles. The summed E-state index contributed by atoms with van der Waals surface area (Å²) in [6, 6.07) is 9.83. The molecule has 3 aliphatic rings. The van der Waals surface area contributed by atoms with Gasteiger partial charge in [0.05, 0.1) is 6.54 Å². The molecule has 1 aromatic carbocycles. The summed E-state index contributed by atoms with van der Waals surface area (Å²) in [7, 11) is 4.38. The predicted molar refractivity (Wildman–Crippen MR) is 119 cm³/mol. The van der Waals surface area contributed by atoms with Crippen LogP contribution in [0.4, 0.5) is 0 Å². The van der Waals surface area contributed by atoms with Crippen LogP contribution in [0.25, 0.3) is 0 Å². The minimum atomic E-state index is 0. The van der Waals surface area contributed by atoms with Gasteiger partial charge in [-0.15, -0.1) is 24.8 Å². The number of carbonyl (C=O) groups excluding carboxylic acids is 1. The van der Waals surface area contributed by atoms with Crippen molar-refractivity contribution in [2.24, 2.45) is 11.8 Å². The molecule has 28 heavy (non-hydrogen) atoms. The second-order valence-electron chi connectivity index (χ2n) is 8.82. The molecule has 4 nitrogen and oxygen atoms in total. The molecule has 6 heteroatoms. The van der Waals surface area contributed by atoms with E-state index in [4.69, 9.17) is 0 Å². The van der Waals surface area contributed by atoms with Gasteiger partial charge in [-0.05, 0) is 50.9 Å². The number of likely N-dealkylation sites (tertiary alicyclic amines) is 2. The molecule has 0 unspecified atom stereocenters. The van der Waals surface area contributed by atoms with Crippen molar-refractivity contribution in [2.75, 3.05) is 40.3 Å². The van der Waals surface area contributed by atoms with Crippen LogP contribution in [0.5, 0.6) is 0 Å². The fourth-order valence-electron chi connectivity index (χ4n) is 5.64. The molecule has 0 spiro atoms. The third-order valence-corrected chi connectivity index (χ3v) is 7.09. The Morgan fingerprint density at radius 3 is 2.46 bits per heavy atom. The topological polar surface area (TPSA) is 26.8 Å². The van der Waals surface area contributed by atoms with E-state index in [0.717, 1.165) is 19.6 Å². The number of carbonyl (C=O) groups is 1. The van der Waals surface area contributed by atoms with Crippen LogP contribution in [-0.2, 0) is 4.79 Å². The molecule has 0 bridgehead atoms. The zero-order valence-electron chi connectivity index (χ0n) is 17.3. The van der Waals surface area contributed by atoms with Gasteiger partial charge < -0.3 is 4.90 Å². The van der Waals surface area contributed by atoms with Crippen LogP contribution in [0, 0.1) is 18.8 Å². The fraction of sp³-hybridized carbons (Fsp3) is 0.682. The molecule has 1 aliphatic carbocycles. The Labute approximate surface area is 182 Å². The summed E-state index contributed by atoms with van der Waals surface area (Å²) in [6.07, 6.45) is 5.16. The number of hydrogen-bond donors (Lipinski definition) is 0. The maximum atomic E-state index is 12.9. The van der Waals surface area contributed by atoms with E-state index in [9.17, 15) is 4.79 Å². The summed E-state index contributed by atoms with van der Waals surface area (Å²) in [5.41, 5.74) is 2.82. The van der Waals surface area contributed by atoms with Crippen molar-refractivity contribution in [1.29, 1.82) is 0 Å². The summed E-state index contributed by atoms with van der Waals surface area (Å²) in [4.78, 5) is 19.9. The molecule has 2 heterocycles. The quantitative estimate of drug-likeness (QED) is 0.731. The van der Waals surface area contributed by atoms with Gasteiger partial charge in [0.25, 0.3) is 0 Å². The summed E-state index contributed by atoms with van der Waals surface area (Å²) in [5, 5.41) is 0. The molecule has 4 rings (SSSR count). The lowest BCUT2D eigenvalue weighted by Gasteiger charge is -2.29. The SMILES string of the molecule is Cc1ccccc1[C@@H]1[C@@H]2CN(C(=O)CN(C)C3CCCC3)C[C@@H]2CN1C.Cl.Cl. The zero-order chi connectivity index (χ0) is 18.3. The van der Waals surface area contributed by atoms with Crippen LogP contribution >= 0.6 is 24.8 Å². The molecule has 0 radical (unpaired) electrons. The summed E-state index contributed by atoms with van der Waals surface area (Å²) >= 11 is 0. The minimum absolute atomic E-state index is 0. The molecule has 2 saturated heterocycles. The Bertz CT molecular complexity index is 665. The van der Waals surface area contributed by atoms with E-state index in [1.165, 1.54) is 36.8 Å². The van der Waals surface area contributed by atoms with Gasteiger partial charge in [-0.1, -0.05) is 37.1 Å². The zero-order valence-corrected chi connectivity index (χ0v) is 19.0. The largest absolute Gasteiger partial charge is 0.341 e. The molecule has 3 atom stereocenters. The van der Waals surface area contributed by atoms with Crippen molar-refractivity contribution in [3.05, 3.63) is 35.4 Å². The maximum absolute atomic E-state index is 12.9. The van der Waals surface area contributed by atoms with Crippen molar-refractivity contribution in [3.63, 3.8) is 0 Å². The highest BCUT2D eigenvalue weighted by Gasteiger charge is 2.47. The summed E-state index contributed by atoms with van der Waals surface area (Å²) < 4.78 is 0. The number of likely N-dealkylation sites (N-methyl/N-ethyl adjacent to an activating group) is 1. The summed E-state index contributed by atoms with van der Waals surface area (Å²) in [5.74, 6) is 1.52. The highest BCUT2D eigenvalue weighted by atomic mass is 35.5. The van der Waals surface area contributed by atoms with Crippen LogP contribution in [-0.4, -0.2) is 66.9 Å². The molecule has 0 aromatic heterocycles. The van der Waals surface area contributed by atoms with E-state index in [1.807, 2.05) is 0 Å². The number of fused-ring (bicyclic) bond motifs is 1. The van der Waals surface area contributed by atoms with E-state index in [1.54, 1.807) is 0 Å². The van der Waals surface area contributed by atoms with Crippen LogP contribution in [0.3, 0.4) is 0 Å². The van der Waals surface area contributed by atoms with Crippen molar-refractivity contribution < 1.29 is 4.79 Å². The Kier molecular flexibility index (Phi) is 8.21. The average Bonchev–Trinajstić information content (AvgIpc) is 3.31. The van der Waals surface area contributed by atoms with Gasteiger partial charge in [-0.3, -0.25) is 14.6 Å². The number of rotatable bonds is 4. The molecule has 158 valence electrons. The lowest BCUT2D eigenvalue weighted by Crippen LogP contribution is -2.42. The first kappa shape index (κ1) is 23.5. The number of aryl methyl sites for hydroxylation is 1. The van der Waals surface area contributed by atoms with E-state index < -0.39 is 0 Å². The van der Waals surface area contributed by atoms with E-state index >= 15 is 0 Å². The normalized spacial score (nSPS) is 27.6. The lowest BCUT2D eigenvalue weighted by atomic mass is 9.88. The second-order valence-corrected chi connectivity index (χ2v) is 8.82. The fourth-order valence-corrected chi connectivity index (χ4v) is 5.64.